The Morgan fingerprint density at radius 1 is 0.889 bits per heavy atom. The second-order valence-electron chi connectivity index (χ2n) is 4.05. The molecular formula is C15H10INO. The second kappa shape index (κ2) is 4.57. The summed E-state index contributed by atoms with van der Waals surface area (Å²) in [6.45, 7) is 0. The first kappa shape index (κ1) is 11.5. The Kier molecular flexibility index (Phi) is 2.91. The average molecular weight is 347 g/mol. The number of hydrogen-bond donors (Lipinski definition) is 0. The first-order chi connectivity index (χ1) is 8.75. The van der Waals surface area contributed by atoms with Crippen LogP contribution in [0.1, 0.15) is 0 Å². The van der Waals surface area contributed by atoms with Crippen LogP contribution in [0.3, 0.4) is 0 Å². The summed E-state index contributed by atoms with van der Waals surface area (Å²) in [4.78, 5) is 12.4. The van der Waals surface area contributed by atoms with Crippen LogP contribution < -0.4 is 5.56 Å². The minimum Gasteiger partial charge on any atom is -0.284 e. The molecule has 0 spiro atoms. The highest BCUT2D eigenvalue weighted by atomic mass is 127. The molecule has 0 unspecified atom stereocenters. The van der Waals surface area contributed by atoms with Gasteiger partial charge in [-0.25, -0.2) is 0 Å². The third kappa shape index (κ3) is 1.95. The van der Waals surface area contributed by atoms with Crippen LogP contribution in [0, 0.1) is 3.57 Å². The largest absolute Gasteiger partial charge is 0.284 e. The number of benzene rings is 2. The quantitative estimate of drug-likeness (QED) is 0.617. The number of hydrogen-bond acceptors (Lipinski definition) is 1. The van der Waals surface area contributed by atoms with Crippen molar-refractivity contribution in [2.75, 3.05) is 0 Å². The van der Waals surface area contributed by atoms with Gasteiger partial charge in [0, 0.05) is 20.8 Å². The van der Waals surface area contributed by atoms with Crippen molar-refractivity contribution in [1.29, 1.82) is 0 Å². The molecule has 0 N–H and O–H groups in total. The molecule has 0 saturated carbocycles. The van der Waals surface area contributed by atoms with Crippen molar-refractivity contribution in [2.45, 2.75) is 0 Å². The first-order valence-electron chi connectivity index (χ1n) is 5.62. The molecule has 0 aliphatic rings. The van der Waals surface area contributed by atoms with Gasteiger partial charge in [0.05, 0.1) is 0 Å². The smallest absolute Gasteiger partial charge is 0.262 e. The van der Waals surface area contributed by atoms with Crippen LogP contribution in [-0.2, 0) is 0 Å². The van der Waals surface area contributed by atoms with Crippen molar-refractivity contribution in [2.24, 2.45) is 0 Å². The lowest BCUT2D eigenvalue weighted by Gasteiger charge is -2.07. The minimum atomic E-state index is 0.0225. The van der Waals surface area contributed by atoms with E-state index in [4.69, 9.17) is 0 Å². The van der Waals surface area contributed by atoms with Gasteiger partial charge in [0.2, 0.25) is 0 Å². The maximum Gasteiger partial charge on any atom is 0.262 e. The van der Waals surface area contributed by atoms with E-state index in [0.717, 1.165) is 20.0 Å². The molecule has 3 aromatic rings. The number of rotatable bonds is 1. The molecule has 0 amide bonds. The molecule has 0 atom stereocenters. The monoisotopic (exact) mass is 347 g/mol. The fourth-order valence-electron chi connectivity index (χ4n) is 1.99. The molecule has 0 bridgehead atoms. The van der Waals surface area contributed by atoms with E-state index in [9.17, 15) is 4.79 Å². The lowest BCUT2D eigenvalue weighted by molar-refractivity contribution is 1.01. The number of pyridine rings is 1. The fourth-order valence-corrected chi connectivity index (χ4v) is 2.35. The maximum absolute atomic E-state index is 12.4. The minimum absolute atomic E-state index is 0.0225. The van der Waals surface area contributed by atoms with E-state index >= 15 is 0 Å². The van der Waals surface area contributed by atoms with Gasteiger partial charge < -0.3 is 0 Å². The molecule has 0 radical (unpaired) electrons. The molecule has 1 aromatic heterocycles. The van der Waals surface area contributed by atoms with Gasteiger partial charge in [0.15, 0.2) is 0 Å². The molecule has 0 aliphatic carbocycles. The van der Waals surface area contributed by atoms with Gasteiger partial charge in [-0.3, -0.25) is 9.36 Å². The van der Waals surface area contributed by atoms with Crippen LogP contribution >= 0.6 is 22.6 Å². The van der Waals surface area contributed by atoms with Crippen molar-refractivity contribution in [3.05, 3.63) is 74.7 Å². The van der Waals surface area contributed by atoms with Gasteiger partial charge in [-0.15, -0.1) is 0 Å². The van der Waals surface area contributed by atoms with E-state index in [1.807, 2.05) is 60.8 Å². The van der Waals surface area contributed by atoms with Gasteiger partial charge in [0.1, 0.15) is 0 Å². The summed E-state index contributed by atoms with van der Waals surface area (Å²) in [7, 11) is 0. The summed E-state index contributed by atoms with van der Waals surface area (Å²) in [6, 6.07) is 17.5. The third-order valence-corrected chi connectivity index (χ3v) is 3.64. The summed E-state index contributed by atoms with van der Waals surface area (Å²) >= 11 is 2.25. The highest BCUT2D eigenvalue weighted by molar-refractivity contribution is 14.1. The second-order valence-corrected chi connectivity index (χ2v) is 5.30. The molecule has 0 saturated heterocycles. The molecule has 3 rings (SSSR count). The van der Waals surface area contributed by atoms with Crippen molar-refractivity contribution in [1.82, 2.24) is 4.57 Å². The van der Waals surface area contributed by atoms with Crippen LogP contribution in [0.15, 0.2) is 65.6 Å². The van der Waals surface area contributed by atoms with E-state index in [-0.39, 0.29) is 5.56 Å². The Morgan fingerprint density at radius 2 is 1.61 bits per heavy atom. The summed E-state index contributed by atoms with van der Waals surface area (Å²) < 4.78 is 2.84. The number of fused-ring (bicyclic) bond motifs is 1. The average Bonchev–Trinajstić information content (AvgIpc) is 2.41. The van der Waals surface area contributed by atoms with E-state index in [2.05, 4.69) is 22.6 Å². The Balaban J connectivity index is 2.27. The van der Waals surface area contributed by atoms with Crippen LogP contribution in [0.2, 0.25) is 0 Å². The summed E-state index contributed by atoms with van der Waals surface area (Å²) in [5.74, 6) is 0. The van der Waals surface area contributed by atoms with Crippen molar-refractivity contribution >= 4 is 33.4 Å². The van der Waals surface area contributed by atoms with E-state index in [0.29, 0.717) is 0 Å². The summed E-state index contributed by atoms with van der Waals surface area (Å²) in [5.41, 5.74) is 0.917. The molecule has 3 heteroatoms. The summed E-state index contributed by atoms with van der Waals surface area (Å²) in [5, 5.41) is 1.72. The van der Waals surface area contributed by atoms with Gasteiger partial charge in [-0.2, -0.15) is 0 Å². The molecule has 1 heterocycles. The highest BCUT2D eigenvalue weighted by Gasteiger charge is 2.03. The van der Waals surface area contributed by atoms with Crippen molar-refractivity contribution < 1.29 is 0 Å². The number of halogens is 1. The topological polar surface area (TPSA) is 22.0 Å². The van der Waals surface area contributed by atoms with Crippen LogP contribution in [-0.4, -0.2) is 4.57 Å². The van der Waals surface area contributed by atoms with Gasteiger partial charge >= 0.3 is 0 Å². The fraction of sp³-hybridized carbons (Fsp3) is 0. The van der Waals surface area contributed by atoms with Gasteiger partial charge in [0.25, 0.3) is 5.56 Å². The Bertz CT molecular complexity index is 759. The maximum atomic E-state index is 12.4. The molecule has 18 heavy (non-hydrogen) atoms. The molecule has 0 aliphatic heterocycles. The standard InChI is InChI=1S/C15H10INO/c16-12-5-7-13(8-6-12)17-10-9-11-3-1-2-4-14(11)15(17)18/h1-10H. The molecule has 0 fully saturated rings. The molecular weight excluding hydrogens is 337 g/mol. The van der Waals surface area contributed by atoms with Crippen LogP contribution in [0.25, 0.3) is 16.5 Å². The van der Waals surface area contributed by atoms with Crippen LogP contribution in [0.4, 0.5) is 0 Å². The zero-order chi connectivity index (χ0) is 12.5. The Labute approximate surface area is 118 Å². The third-order valence-electron chi connectivity index (χ3n) is 2.92. The van der Waals surface area contributed by atoms with Crippen molar-refractivity contribution in [3.8, 4) is 5.69 Å². The predicted molar refractivity (Wildman–Crippen MR) is 82.3 cm³/mol. The SMILES string of the molecule is O=c1c2ccccc2ccn1-c1ccc(I)cc1. The lowest BCUT2D eigenvalue weighted by atomic mass is 10.2. The number of aromatic nitrogens is 1. The molecule has 88 valence electrons. The lowest BCUT2D eigenvalue weighted by Crippen LogP contribution is -2.17. The zero-order valence-electron chi connectivity index (χ0n) is 9.51. The van der Waals surface area contributed by atoms with E-state index in [1.54, 1.807) is 4.57 Å². The van der Waals surface area contributed by atoms with Gasteiger partial charge in [-0.1, -0.05) is 18.2 Å². The van der Waals surface area contributed by atoms with Gasteiger partial charge in [-0.05, 0) is 64.4 Å². The number of nitrogens with zero attached hydrogens (tertiary/aromatic N) is 1. The highest BCUT2D eigenvalue weighted by Crippen LogP contribution is 2.13. The van der Waals surface area contributed by atoms with Crippen molar-refractivity contribution in [3.63, 3.8) is 0 Å². The van der Waals surface area contributed by atoms with Crippen LogP contribution in [0.5, 0.6) is 0 Å². The molecule has 2 nitrogen and oxygen atoms in total. The normalized spacial score (nSPS) is 10.7. The predicted octanol–water partition coefficient (Wildman–Crippen LogP) is 3.60. The Hall–Kier alpha value is -1.62. The van der Waals surface area contributed by atoms with E-state index < -0.39 is 0 Å². The zero-order valence-corrected chi connectivity index (χ0v) is 11.7. The summed E-state index contributed by atoms with van der Waals surface area (Å²) in [6.07, 6.45) is 1.83. The first-order valence-corrected chi connectivity index (χ1v) is 6.70. The molecule has 2 aromatic carbocycles. The Morgan fingerprint density at radius 3 is 2.39 bits per heavy atom. The van der Waals surface area contributed by atoms with E-state index in [1.165, 1.54) is 0 Å².